The smallest absolute Gasteiger partial charge is 0.343 e. The number of unbranched alkanes of at least 4 members (excludes halogenated alkanes) is 3. The van der Waals surface area contributed by atoms with Gasteiger partial charge < -0.3 is 14.2 Å². The summed E-state index contributed by atoms with van der Waals surface area (Å²) in [7, 11) is 0. The largest absolute Gasteiger partial charge is 0.493 e. The van der Waals surface area contributed by atoms with E-state index in [1.54, 1.807) is 42.7 Å². The molecule has 0 saturated carbocycles. The van der Waals surface area contributed by atoms with Gasteiger partial charge in [-0.2, -0.15) is 0 Å². The molecule has 3 aromatic carbocycles. The van der Waals surface area contributed by atoms with Crippen LogP contribution in [0.5, 0.6) is 17.2 Å². The van der Waals surface area contributed by atoms with E-state index in [9.17, 15) is 4.79 Å². The maximum atomic E-state index is 12.6. The Morgan fingerprint density at radius 1 is 0.800 bits per heavy atom. The second-order valence-electron chi connectivity index (χ2n) is 8.77. The van der Waals surface area contributed by atoms with Crippen LogP contribution >= 0.6 is 0 Å². The van der Waals surface area contributed by atoms with Crippen molar-refractivity contribution < 1.29 is 19.0 Å². The average molecular weight is 473 g/mol. The summed E-state index contributed by atoms with van der Waals surface area (Å²) < 4.78 is 16.9. The predicted molar refractivity (Wildman–Crippen MR) is 142 cm³/mol. The molecule has 4 nitrogen and oxygen atoms in total. The van der Waals surface area contributed by atoms with E-state index < -0.39 is 5.97 Å². The summed E-state index contributed by atoms with van der Waals surface area (Å²) in [4.78, 5) is 12.6. The molecule has 184 valence electrons. The van der Waals surface area contributed by atoms with Gasteiger partial charge in [-0.3, -0.25) is 0 Å². The predicted octanol–water partition coefficient (Wildman–Crippen LogP) is 8.47. The van der Waals surface area contributed by atoms with Crippen LogP contribution in [-0.4, -0.2) is 12.6 Å². The van der Waals surface area contributed by atoms with E-state index in [-0.39, 0.29) is 0 Å². The van der Waals surface area contributed by atoms with Gasteiger partial charge in [-0.15, -0.1) is 0 Å². The topological polar surface area (TPSA) is 44.8 Å². The number of rotatable bonds is 13. The van der Waals surface area contributed by atoms with Crippen LogP contribution < -0.4 is 14.2 Å². The molecule has 3 rings (SSSR count). The normalized spacial score (nSPS) is 11.9. The van der Waals surface area contributed by atoms with Crippen molar-refractivity contribution in [2.75, 3.05) is 6.61 Å². The van der Waals surface area contributed by atoms with Crippen molar-refractivity contribution in [1.82, 2.24) is 0 Å². The fourth-order valence-corrected chi connectivity index (χ4v) is 3.36. The fraction of sp³-hybridized carbons (Fsp3) is 0.323. The molecule has 0 aliphatic heterocycles. The first-order valence-electron chi connectivity index (χ1n) is 12.6. The van der Waals surface area contributed by atoms with Crippen molar-refractivity contribution in [2.45, 2.75) is 52.9 Å². The van der Waals surface area contributed by atoms with Crippen molar-refractivity contribution in [2.24, 2.45) is 5.92 Å². The minimum atomic E-state index is -0.394. The Balaban J connectivity index is 1.51. The van der Waals surface area contributed by atoms with E-state index in [4.69, 9.17) is 14.2 Å². The van der Waals surface area contributed by atoms with Crippen LogP contribution in [0.1, 0.15) is 63.2 Å². The van der Waals surface area contributed by atoms with E-state index in [1.807, 2.05) is 42.5 Å². The first kappa shape index (κ1) is 26.1. The Morgan fingerprint density at radius 3 is 2.03 bits per heavy atom. The molecule has 0 aromatic heterocycles. The number of hydrogen-bond acceptors (Lipinski definition) is 4. The minimum absolute atomic E-state index is 0.394. The third-order valence-corrected chi connectivity index (χ3v) is 5.85. The standard InChI is InChI=1S/C31H36O4/c1-4-6-7-8-9-22-33-28-18-20-30(21-19-28)35-31(32)27-12-10-25(11-13-27)26-14-16-29(17-15-26)34-23-24(3)5-2/h9-22,24H,4-8,23H2,1-3H3. The molecule has 35 heavy (non-hydrogen) atoms. The number of allylic oxidation sites excluding steroid dienone is 1. The second-order valence-corrected chi connectivity index (χ2v) is 8.77. The molecule has 0 spiro atoms. The highest BCUT2D eigenvalue weighted by atomic mass is 16.5. The zero-order valence-corrected chi connectivity index (χ0v) is 21.0. The molecule has 1 unspecified atom stereocenters. The summed E-state index contributed by atoms with van der Waals surface area (Å²) in [6.45, 7) is 7.25. The van der Waals surface area contributed by atoms with Gasteiger partial charge in [-0.05, 0) is 84.5 Å². The van der Waals surface area contributed by atoms with Crippen molar-refractivity contribution in [3.8, 4) is 28.4 Å². The molecule has 0 radical (unpaired) electrons. The Bertz CT molecular complexity index is 1050. The van der Waals surface area contributed by atoms with Crippen molar-refractivity contribution >= 4 is 5.97 Å². The first-order valence-corrected chi connectivity index (χ1v) is 12.6. The van der Waals surface area contributed by atoms with E-state index in [0.29, 0.717) is 23.0 Å². The van der Waals surface area contributed by atoms with Crippen LogP contribution in [0.15, 0.2) is 85.1 Å². The lowest BCUT2D eigenvalue weighted by molar-refractivity contribution is 0.0734. The third-order valence-electron chi connectivity index (χ3n) is 5.85. The molecular formula is C31H36O4. The van der Waals surface area contributed by atoms with Crippen LogP contribution in [0.2, 0.25) is 0 Å². The number of ether oxygens (including phenoxy) is 3. The molecule has 0 amide bonds. The minimum Gasteiger partial charge on any atom is -0.493 e. The molecule has 0 N–H and O–H groups in total. The van der Waals surface area contributed by atoms with Gasteiger partial charge in [0, 0.05) is 0 Å². The maximum Gasteiger partial charge on any atom is 0.343 e. The van der Waals surface area contributed by atoms with Gasteiger partial charge in [0.2, 0.25) is 0 Å². The SMILES string of the molecule is CCCCCC=COc1ccc(OC(=O)c2ccc(-c3ccc(OCC(C)CC)cc3)cc2)cc1. The van der Waals surface area contributed by atoms with Crippen molar-refractivity contribution in [3.05, 3.63) is 90.7 Å². The molecular weight excluding hydrogens is 436 g/mol. The Hall–Kier alpha value is -3.53. The van der Waals surface area contributed by atoms with Crippen LogP contribution in [-0.2, 0) is 0 Å². The van der Waals surface area contributed by atoms with Gasteiger partial charge in [0.25, 0.3) is 0 Å². The molecule has 0 heterocycles. The van der Waals surface area contributed by atoms with E-state index >= 15 is 0 Å². The highest BCUT2D eigenvalue weighted by Gasteiger charge is 2.09. The van der Waals surface area contributed by atoms with Gasteiger partial charge >= 0.3 is 5.97 Å². The molecule has 0 aliphatic rings. The number of hydrogen-bond donors (Lipinski definition) is 0. The molecule has 0 fully saturated rings. The highest BCUT2D eigenvalue weighted by molar-refractivity contribution is 5.91. The second kappa shape index (κ2) is 14.0. The quantitative estimate of drug-likeness (QED) is 0.108. The van der Waals surface area contributed by atoms with Crippen LogP contribution in [0.3, 0.4) is 0 Å². The summed E-state index contributed by atoms with van der Waals surface area (Å²) in [6.07, 6.45) is 9.47. The Labute approximate surface area is 209 Å². The Kier molecular flexibility index (Phi) is 10.4. The first-order chi connectivity index (χ1) is 17.1. The van der Waals surface area contributed by atoms with Gasteiger partial charge in [-0.1, -0.05) is 64.3 Å². The summed E-state index contributed by atoms with van der Waals surface area (Å²) in [5.74, 6) is 2.20. The molecule has 0 saturated heterocycles. The number of benzene rings is 3. The maximum absolute atomic E-state index is 12.6. The lowest BCUT2D eigenvalue weighted by Gasteiger charge is -2.11. The summed E-state index contributed by atoms with van der Waals surface area (Å²) >= 11 is 0. The van der Waals surface area contributed by atoms with Crippen molar-refractivity contribution in [3.63, 3.8) is 0 Å². The summed E-state index contributed by atoms with van der Waals surface area (Å²) in [6, 6.07) is 22.5. The van der Waals surface area contributed by atoms with E-state index in [2.05, 4.69) is 20.8 Å². The molecule has 4 heteroatoms. The number of carbonyl (C=O) groups is 1. The zero-order valence-electron chi connectivity index (χ0n) is 21.0. The molecule has 0 aliphatic carbocycles. The van der Waals surface area contributed by atoms with Crippen LogP contribution in [0, 0.1) is 5.92 Å². The number of esters is 1. The van der Waals surface area contributed by atoms with Gasteiger partial charge in [0.15, 0.2) is 0 Å². The van der Waals surface area contributed by atoms with Gasteiger partial charge in [0.05, 0.1) is 18.4 Å². The number of carbonyl (C=O) groups excluding carboxylic acids is 1. The summed E-state index contributed by atoms with van der Waals surface area (Å²) in [5.41, 5.74) is 2.59. The van der Waals surface area contributed by atoms with Gasteiger partial charge in [0.1, 0.15) is 17.2 Å². The zero-order chi connectivity index (χ0) is 24.9. The van der Waals surface area contributed by atoms with E-state index in [0.717, 1.165) is 36.3 Å². The molecule has 3 aromatic rings. The van der Waals surface area contributed by atoms with E-state index in [1.165, 1.54) is 19.3 Å². The lowest BCUT2D eigenvalue weighted by atomic mass is 10.0. The van der Waals surface area contributed by atoms with Crippen molar-refractivity contribution in [1.29, 1.82) is 0 Å². The van der Waals surface area contributed by atoms with Crippen LogP contribution in [0.25, 0.3) is 11.1 Å². The lowest BCUT2D eigenvalue weighted by Crippen LogP contribution is -2.08. The van der Waals surface area contributed by atoms with Gasteiger partial charge in [-0.25, -0.2) is 4.79 Å². The highest BCUT2D eigenvalue weighted by Crippen LogP contribution is 2.24. The Morgan fingerprint density at radius 2 is 1.40 bits per heavy atom. The average Bonchev–Trinajstić information content (AvgIpc) is 2.90. The fourth-order valence-electron chi connectivity index (χ4n) is 3.36. The van der Waals surface area contributed by atoms with Crippen LogP contribution in [0.4, 0.5) is 0 Å². The monoisotopic (exact) mass is 472 g/mol. The third kappa shape index (κ3) is 8.64. The molecule has 0 bridgehead atoms. The molecule has 1 atom stereocenters. The summed E-state index contributed by atoms with van der Waals surface area (Å²) in [5, 5.41) is 0.